The number of rotatable bonds is 3. The maximum Gasteiger partial charge on any atom is 0.240 e. The van der Waals surface area contributed by atoms with Crippen LogP contribution in [0.2, 0.25) is 0 Å². The van der Waals surface area contributed by atoms with Crippen LogP contribution >= 0.6 is 0 Å². The van der Waals surface area contributed by atoms with E-state index in [0.29, 0.717) is 11.5 Å². The fourth-order valence-electron chi connectivity index (χ4n) is 1.44. The Bertz CT molecular complexity index is 678. The van der Waals surface area contributed by atoms with E-state index in [4.69, 9.17) is 15.6 Å². The number of nitrogen functional groups attached to an aromatic ring is 1. The van der Waals surface area contributed by atoms with E-state index in [1.54, 1.807) is 17.9 Å². The number of benzene rings is 1. The summed E-state index contributed by atoms with van der Waals surface area (Å²) in [6.45, 7) is 0. The minimum absolute atomic E-state index is 0.0406. The summed E-state index contributed by atoms with van der Waals surface area (Å²) in [7, 11) is -2.06. The van der Waals surface area contributed by atoms with E-state index in [0.717, 1.165) is 0 Å². The van der Waals surface area contributed by atoms with Crippen LogP contribution in [0.25, 0.3) is 0 Å². The molecule has 0 spiro atoms. The Labute approximate surface area is 104 Å². The van der Waals surface area contributed by atoms with Gasteiger partial charge in [-0.15, -0.1) is 0 Å². The molecule has 0 fully saturated rings. The first-order chi connectivity index (χ1) is 8.36. The molecule has 0 bridgehead atoms. The SMILES string of the molecule is Cn1cc(Oc2ccc(S(N)(=O)=O)c(N)c2)cn1. The Morgan fingerprint density at radius 3 is 2.56 bits per heavy atom. The van der Waals surface area contributed by atoms with Crippen molar-refractivity contribution in [2.75, 3.05) is 5.73 Å². The highest BCUT2D eigenvalue weighted by molar-refractivity contribution is 7.89. The summed E-state index contributed by atoms with van der Waals surface area (Å²) in [5.74, 6) is 0.938. The van der Waals surface area contributed by atoms with E-state index < -0.39 is 10.0 Å². The molecule has 0 amide bonds. The van der Waals surface area contributed by atoms with Gasteiger partial charge in [0.1, 0.15) is 10.6 Å². The second-order valence-corrected chi connectivity index (χ2v) is 5.23. The third kappa shape index (κ3) is 2.60. The van der Waals surface area contributed by atoms with Crippen molar-refractivity contribution in [2.45, 2.75) is 4.90 Å². The second kappa shape index (κ2) is 4.31. The van der Waals surface area contributed by atoms with Gasteiger partial charge in [0.05, 0.1) is 18.1 Å². The lowest BCUT2D eigenvalue weighted by molar-refractivity contribution is 0.482. The number of hydrogen-bond donors (Lipinski definition) is 2. The molecule has 1 aromatic heterocycles. The molecule has 0 aliphatic carbocycles. The fraction of sp³-hybridized carbons (Fsp3) is 0.100. The van der Waals surface area contributed by atoms with Crippen LogP contribution in [0.1, 0.15) is 0 Å². The van der Waals surface area contributed by atoms with Gasteiger partial charge in [0.2, 0.25) is 10.0 Å². The number of sulfonamides is 1. The predicted molar refractivity (Wildman–Crippen MR) is 65.5 cm³/mol. The molecule has 0 aliphatic rings. The lowest BCUT2D eigenvalue weighted by Crippen LogP contribution is -2.14. The monoisotopic (exact) mass is 268 g/mol. The number of hydrogen-bond acceptors (Lipinski definition) is 5. The molecule has 96 valence electrons. The number of primary sulfonamides is 1. The minimum atomic E-state index is -3.82. The fourth-order valence-corrected chi connectivity index (χ4v) is 2.08. The third-order valence-electron chi connectivity index (χ3n) is 2.20. The van der Waals surface area contributed by atoms with E-state index >= 15 is 0 Å². The summed E-state index contributed by atoms with van der Waals surface area (Å²) in [4.78, 5) is -0.124. The van der Waals surface area contributed by atoms with Gasteiger partial charge in [0, 0.05) is 13.1 Å². The van der Waals surface area contributed by atoms with Crippen molar-refractivity contribution in [3.05, 3.63) is 30.6 Å². The average molecular weight is 268 g/mol. The number of aryl methyl sites for hydroxylation is 1. The number of nitrogens with zero attached hydrogens (tertiary/aromatic N) is 2. The highest BCUT2D eigenvalue weighted by Gasteiger charge is 2.13. The zero-order valence-electron chi connectivity index (χ0n) is 9.57. The first-order valence-corrected chi connectivity index (χ1v) is 6.50. The van der Waals surface area contributed by atoms with Gasteiger partial charge < -0.3 is 10.5 Å². The van der Waals surface area contributed by atoms with Gasteiger partial charge in [0.15, 0.2) is 5.75 Å². The van der Waals surface area contributed by atoms with Crippen LogP contribution < -0.4 is 15.6 Å². The van der Waals surface area contributed by atoms with Crippen molar-refractivity contribution < 1.29 is 13.2 Å². The van der Waals surface area contributed by atoms with Crippen LogP contribution in [0, 0.1) is 0 Å². The Hall–Kier alpha value is -2.06. The van der Waals surface area contributed by atoms with E-state index in [1.165, 1.54) is 24.4 Å². The smallest absolute Gasteiger partial charge is 0.240 e. The highest BCUT2D eigenvalue weighted by atomic mass is 32.2. The summed E-state index contributed by atoms with van der Waals surface area (Å²) < 4.78 is 29.4. The van der Waals surface area contributed by atoms with Gasteiger partial charge in [-0.25, -0.2) is 13.6 Å². The van der Waals surface area contributed by atoms with Gasteiger partial charge in [-0.2, -0.15) is 5.10 Å². The Balaban J connectivity index is 2.30. The van der Waals surface area contributed by atoms with Gasteiger partial charge in [-0.1, -0.05) is 0 Å². The molecule has 4 N–H and O–H groups in total. The molecule has 18 heavy (non-hydrogen) atoms. The van der Waals surface area contributed by atoms with Crippen molar-refractivity contribution in [2.24, 2.45) is 12.2 Å². The second-order valence-electron chi connectivity index (χ2n) is 3.70. The molecule has 0 unspecified atom stereocenters. The standard InChI is InChI=1S/C10H12N4O3S/c1-14-6-8(5-13-14)17-7-2-3-10(9(11)4-7)18(12,15)16/h2-6H,11H2,1H3,(H2,12,15,16). The van der Waals surface area contributed by atoms with Gasteiger partial charge in [-0.3, -0.25) is 4.68 Å². The number of aromatic nitrogens is 2. The summed E-state index contributed by atoms with van der Waals surface area (Å²) in [6.07, 6.45) is 3.20. The quantitative estimate of drug-likeness (QED) is 0.784. The largest absolute Gasteiger partial charge is 0.454 e. The molecule has 2 rings (SSSR count). The zero-order valence-corrected chi connectivity index (χ0v) is 10.4. The average Bonchev–Trinajstić information content (AvgIpc) is 2.62. The van der Waals surface area contributed by atoms with Crippen molar-refractivity contribution >= 4 is 15.7 Å². The first kappa shape index (κ1) is 12.4. The molecule has 0 atom stereocenters. The molecular weight excluding hydrogens is 256 g/mol. The molecule has 1 aromatic carbocycles. The maximum absolute atomic E-state index is 11.2. The van der Waals surface area contributed by atoms with Crippen molar-refractivity contribution in [1.29, 1.82) is 0 Å². The maximum atomic E-state index is 11.2. The Morgan fingerprint density at radius 1 is 1.33 bits per heavy atom. The number of anilines is 1. The molecule has 8 heteroatoms. The molecule has 0 radical (unpaired) electrons. The van der Waals surface area contributed by atoms with E-state index in [1.807, 2.05) is 0 Å². The summed E-state index contributed by atoms with van der Waals surface area (Å²) >= 11 is 0. The topological polar surface area (TPSA) is 113 Å². The molecule has 2 aromatic rings. The van der Waals surface area contributed by atoms with E-state index in [-0.39, 0.29) is 10.6 Å². The van der Waals surface area contributed by atoms with Crippen LogP contribution in [-0.4, -0.2) is 18.2 Å². The normalized spacial score (nSPS) is 11.4. The summed E-state index contributed by atoms with van der Waals surface area (Å²) in [6, 6.07) is 4.17. The van der Waals surface area contributed by atoms with Gasteiger partial charge >= 0.3 is 0 Å². The van der Waals surface area contributed by atoms with Crippen LogP contribution in [0.15, 0.2) is 35.5 Å². The van der Waals surface area contributed by atoms with Gasteiger partial charge in [-0.05, 0) is 12.1 Å². The van der Waals surface area contributed by atoms with Crippen molar-refractivity contribution in [3.8, 4) is 11.5 Å². The Kier molecular flexibility index (Phi) is 2.97. The van der Waals surface area contributed by atoms with Crippen LogP contribution in [0.4, 0.5) is 5.69 Å². The highest BCUT2D eigenvalue weighted by Crippen LogP contribution is 2.26. The third-order valence-corrected chi connectivity index (χ3v) is 3.19. The predicted octanol–water partition coefficient (Wildman–Crippen LogP) is 0.442. The van der Waals surface area contributed by atoms with E-state index in [9.17, 15) is 8.42 Å². The lowest BCUT2D eigenvalue weighted by atomic mass is 10.3. The van der Waals surface area contributed by atoms with Crippen LogP contribution in [-0.2, 0) is 17.1 Å². The van der Waals surface area contributed by atoms with E-state index in [2.05, 4.69) is 5.10 Å². The van der Waals surface area contributed by atoms with Crippen LogP contribution in [0.3, 0.4) is 0 Å². The summed E-state index contributed by atoms with van der Waals surface area (Å²) in [5, 5.41) is 8.94. The Morgan fingerprint density at radius 2 is 2.06 bits per heavy atom. The molecule has 1 heterocycles. The van der Waals surface area contributed by atoms with Gasteiger partial charge in [0.25, 0.3) is 0 Å². The minimum Gasteiger partial charge on any atom is -0.454 e. The lowest BCUT2D eigenvalue weighted by Gasteiger charge is -2.06. The first-order valence-electron chi connectivity index (χ1n) is 4.95. The number of ether oxygens (including phenoxy) is 1. The molecule has 7 nitrogen and oxygen atoms in total. The molecule has 0 aliphatic heterocycles. The van der Waals surface area contributed by atoms with Crippen molar-refractivity contribution in [3.63, 3.8) is 0 Å². The zero-order chi connectivity index (χ0) is 13.3. The molecule has 0 saturated carbocycles. The summed E-state index contributed by atoms with van der Waals surface area (Å²) in [5.41, 5.74) is 5.65. The number of nitrogens with two attached hydrogens (primary N) is 2. The van der Waals surface area contributed by atoms with Crippen LogP contribution in [0.5, 0.6) is 11.5 Å². The molecule has 0 saturated heterocycles. The van der Waals surface area contributed by atoms with Crippen molar-refractivity contribution in [1.82, 2.24) is 9.78 Å². The molecular formula is C10H12N4O3S.